The van der Waals surface area contributed by atoms with Crippen LogP contribution in [0.15, 0.2) is 12.1 Å². The molecule has 7 heteroatoms. The highest BCUT2D eigenvalue weighted by atomic mass is 16.6. The maximum absolute atomic E-state index is 11.4. The summed E-state index contributed by atoms with van der Waals surface area (Å²) in [6.07, 6.45) is 0.933. The van der Waals surface area contributed by atoms with E-state index < -0.39 is 0 Å². The van der Waals surface area contributed by atoms with Gasteiger partial charge in [-0.15, -0.1) is 0 Å². The molecule has 1 aliphatic rings. The van der Waals surface area contributed by atoms with Crippen molar-refractivity contribution in [2.24, 2.45) is 11.7 Å². The summed E-state index contributed by atoms with van der Waals surface area (Å²) in [5, 5.41) is 11.4. The highest BCUT2D eigenvalue weighted by Gasteiger charge is 2.33. The Morgan fingerprint density at radius 2 is 2.00 bits per heavy atom. The summed E-state index contributed by atoms with van der Waals surface area (Å²) in [5.41, 5.74) is 6.31. The van der Waals surface area contributed by atoms with E-state index in [1.54, 1.807) is 6.07 Å². The first-order chi connectivity index (χ1) is 10.0. The fourth-order valence-electron chi connectivity index (χ4n) is 2.88. The summed E-state index contributed by atoms with van der Waals surface area (Å²) >= 11 is 0. The molecule has 0 spiro atoms. The standard InChI is InChI=1S/C14H21N3O4/c1-9-4-10(7-15)8-16(9)11-5-13(20-2)14(21-3)6-12(11)17(18)19/h5-6,9-10H,4,7-8,15H2,1-3H3. The van der Waals surface area contributed by atoms with Gasteiger partial charge >= 0.3 is 0 Å². The Bertz CT molecular complexity index is 535. The number of nitro benzene ring substituents is 1. The molecule has 21 heavy (non-hydrogen) atoms. The minimum atomic E-state index is -0.389. The minimum absolute atomic E-state index is 0.0252. The van der Waals surface area contributed by atoms with E-state index in [0.29, 0.717) is 36.2 Å². The third-order valence-corrected chi connectivity index (χ3v) is 3.98. The van der Waals surface area contributed by atoms with Gasteiger partial charge in [-0.3, -0.25) is 10.1 Å². The van der Waals surface area contributed by atoms with E-state index in [-0.39, 0.29) is 16.7 Å². The molecular formula is C14H21N3O4. The van der Waals surface area contributed by atoms with Crippen molar-refractivity contribution < 1.29 is 14.4 Å². The number of benzene rings is 1. The van der Waals surface area contributed by atoms with Crippen LogP contribution < -0.4 is 20.1 Å². The van der Waals surface area contributed by atoms with Crippen LogP contribution in [0.4, 0.5) is 11.4 Å². The van der Waals surface area contributed by atoms with Crippen LogP contribution in [0.5, 0.6) is 11.5 Å². The second-order valence-corrected chi connectivity index (χ2v) is 5.29. The second kappa shape index (κ2) is 6.17. The summed E-state index contributed by atoms with van der Waals surface area (Å²) in [6.45, 7) is 3.35. The van der Waals surface area contributed by atoms with E-state index in [1.807, 2.05) is 4.90 Å². The molecule has 0 aliphatic carbocycles. The number of nitrogens with two attached hydrogens (primary N) is 1. The number of nitro groups is 1. The number of ether oxygens (including phenoxy) is 2. The summed E-state index contributed by atoms with van der Waals surface area (Å²) < 4.78 is 10.4. The molecule has 1 aliphatic heterocycles. The predicted molar refractivity (Wildman–Crippen MR) is 80.2 cm³/mol. The van der Waals surface area contributed by atoms with Gasteiger partial charge in [0, 0.05) is 18.7 Å². The van der Waals surface area contributed by atoms with E-state index in [1.165, 1.54) is 20.3 Å². The minimum Gasteiger partial charge on any atom is -0.493 e. The molecule has 1 aromatic rings. The van der Waals surface area contributed by atoms with Gasteiger partial charge in [0.25, 0.3) is 5.69 Å². The monoisotopic (exact) mass is 295 g/mol. The van der Waals surface area contributed by atoms with E-state index in [4.69, 9.17) is 15.2 Å². The van der Waals surface area contributed by atoms with Gasteiger partial charge in [0.2, 0.25) is 0 Å². The lowest BCUT2D eigenvalue weighted by atomic mass is 10.1. The molecule has 1 saturated heterocycles. The predicted octanol–water partition coefficient (Wildman–Crippen LogP) is 1.79. The van der Waals surface area contributed by atoms with Crippen molar-refractivity contribution in [3.05, 3.63) is 22.2 Å². The number of rotatable bonds is 5. The molecule has 2 N–H and O–H groups in total. The summed E-state index contributed by atoms with van der Waals surface area (Å²) in [5.74, 6) is 1.20. The first-order valence-corrected chi connectivity index (χ1v) is 6.88. The van der Waals surface area contributed by atoms with Crippen LogP contribution in [-0.4, -0.2) is 38.3 Å². The number of methoxy groups -OCH3 is 2. The van der Waals surface area contributed by atoms with Gasteiger partial charge in [-0.05, 0) is 25.8 Å². The largest absolute Gasteiger partial charge is 0.493 e. The molecule has 1 fully saturated rings. The highest BCUT2D eigenvalue weighted by Crippen LogP contribution is 2.42. The van der Waals surface area contributed by atoms with Crippen molar-refractivity contribution in [3.8, 4) is 11.5 Å². The maximum Gasteiger partial charge on any atom is 0.296 e. The molecule has 0 radical (unpaired) electrons. The van der Waals surface area contributed by atoms with Crippen molar-refractivity contribution in [3.63, 3.8) is 0 Å². The van der Waals surface area contributed by atoms with Crippen LogP contribution in [0.3, 0.4) is 0 Å². The average molecular weight is 295 g/mol. The molecule has 1 heterocycles. The molecule has 0 amide bonds. The quantitative estimate of drug-likeness (QED) is 0.657. The molecular weight excluding hydrogens is 274 g/mol. The lowest BCUT2D eigenvalue weighted by Gasteiger charge is -2.24. The SMILES string of the molecule is COc1cc(N2CC(CN)CC2C)c([N+](=O)[O-])cc1OC. The Morgan fingerprint density at radius 1 is 1.38 bits per heavy atom. The van der Waals surface area contributed by atoms with E-state index >= 15 is 0 Å². The molecule has 1 aromatic carbocycles. The van der Waals surface area contributed by atoms with Gasteiger partial charge in [0.15, 0.2) is 11.5 Å². The van der Waals surface area contributed by atoms with Crippen LogP contribution >= 0.6 is 0 Å². The zero-order valence-electron chi connectivity index (χ0n) is 12.5. The number of hydrogen-bond donors (Lipinski definition) is 1. The van der Waals surface area contributed by atoms with Gasteiger partial charge in [0.1, 0.15) is 5.69 Å². The van der Waals surface area contributed by atoms with Crippen LogP contribution in [0.25, 0.3) is 0 Å². The summed E-state index contributed by atoms with van der Waals surface area (Å²) in [6, 6.07) is 3.29. The Hall–Kier alpha value is -2.02. The topological polar surface area (TPSA) is 90.9 Å². The van der Waals surface area contributed by atoms with Crippen molar-refractivity contribution in [1.82, 2.24) is 0 Å². The molecule has 2 atom stereocenters. The van der Waals surface area contributed by atoms with E-state index in [2.05, 4.69) is 6.92 Å². The van der Waals surface area contributed by atoms with Crippen LogP contribution in [0.1, 0.15) is 13.3 Å². The van der Waals surface area contributed by atoms with Gasteiger partial charge in [0.05, 0.1) is 25.2 Å². The van der Waals surface area contributed by atoms with Gasteiger partial charge in [-0.25, -0.2) is 0 Å². The lowest BCUT2D eigenvalue weighted by Crippen LogP contribution is -2.28. The normalized spacial score (nSPS) is 21.4. The average Bonchev–Trinajstić information content (AvgIpc) is 2.86. The van der Waals surface area contributed by atoms with Crippen LogP contribution in [0, 0.1) is 16.0 Å². The van der Waals surface area contributed by atoms with E-state index in [9.17, 15) is 10.1 Å². The first-order valence-electron chi connectivity index (χ1n) is 6.88. The van der Waals surface area contributed by atoms with Crippen LogP contribution in [-0.2, 0) is 0 Å². The zero-order chi connectivity index (χ0) is 15.6. The lowest BCUT2D eigenvalue weighted by molar-refractivity contribution is -0.384. The number of hydrogen-bond acceptors (Lipinski definition) is 6. The Kier molecular flexibility index (Phi) is 4.52. The molecule has 7 nitrogen and oxygen atoms in total. The molecule has 0 bridgehead atoms. The smallest absolute Gasteiger partial charge is 0.296 e. The fraction of sp³-hybridized carbons (Fsp3) is 0.571. The maximum atomic E-state index is 11.4. The zero-order valence-corrected chi connectivity index (χ0v) is 12.5. The first kappa shape index (κ1) is 15.4. The summed E-state index contributed by atoms with van der Waals surface area (Å²) in [7, 11) is 2.98. The van der Waals surface area contributed by atoms with E-state index in [0.717, 1.165) is 6.42 Å². The van der Waals surface area contributed by atoms with Crippen molar-refractivity contribution >= 4 is 11.4 Å². The molecule has 2 rings (SSSR count). The molecule has 0 aromatic heterocycles. The van der Waals surface area contributed by atoms with Crippen LogP contribution in [0.2, 0.25) is 0 Å². The second-order valence-electron chi connectivity index (χ2n) is 5.29. The highest BCUT2D eigenvalue weighted by molar-refractivity contribution is 5.70. The molecule has 0 saturated carbocycles. The fourth-order valence-corrected chi connectivity index (χ4v) is 2.88. The third-order valence-electron chi connectivity index (χ3n) is 3.98. The van der Waals surface area contributed by atoms with Gasteiger partial charge in [-0.1, -0.05) is 0 Å². The van der Waals surface area contributed by atoms with Crippen molar-refractivity contribution in [1.29, 1.82) is 0 Å². The number of anilines is 1. The Morgan fingerprint density at radius 3 is 2.48 bits per heavy atom. The number of nitrogens with zero attached hydrogens (tertiary/aromatic N) is 2. The van der Waals surface area contributed by atoms with Gasteiger partial charge < -0.3 is 20.1 Å². The third kappa shape index (κ3) is 2.87. The van der Waals surface area contributed by atoms with Crippen molar-refractivity contribution in [2.75, 3.05) is 32.2 Å². The Balaban J connectivity index is 2.48. The molecule has 2 unspecified atom stereocenters. The Labute approximate surface area is 123 Å². The van der Waals surface area contributed by atoms with Gasteiger partial charge in [-0.2, -0.15) is 0 Å². The van der Waals surface area contributed by atoms with Crippen molar-refractivity contribution in [2.45, 2.75) is 19.4 Å². The summed E-state index contributed by atoms with van der Waals surface area (Å²) in [4.78, 5) is 13.0. The molecule has 116 valence electrons.